The Hall–Kier alpha value is -0.790. The zero-order valence-corrected chi connectivity index (χ0v) is 9.42. The number of rotatable bonds is 8. The molecule has 0 aliphatic heterocycles. The highest BCUT2D eigenvalue weighted by atomic mass is 16.5. The van der Waals surface area contributed by atoms with Gasteiger partial charge >= 0.3 is 5.97 Å². The SMILES string of the molecule is C=CC[C@@H](C)C(=O)OCCCCCC. The van der Waals surface area contributed by atoms with Crippen molar-refractivity contribution in [1.82, 2.24) is 0 Å². The van der Waals surface area contributed by atoms with Crippen molar-refractivity contribution < 1.29 is 9.53 Å². The molecule has 0 heterocycles. The molecule has 0 N–H and O–H groups in total. The third-order valence-electron chi connectivity index (χ3n) is 2.16. The van der Waals surface area contributed by atoms with Crippen molar-refractivity contribution in [1.29, 1.82) is 0 Å². The second kappa shape index (κ2) is 8.79. The Morgan fingerprint density at radius 3 is 2.71 bits per heavy atom. The van der Waals surface area contributed by atoms with Crippen LogP contribution in [0.5, 0.6) is 0 Å². The maximum absolute atomic E-state index is 11.3. The highest BCUT2D eigenvalue weighted by Gasteiger charge is 2.11. The summed E-state index contributed by atoms with van der Waals surface area (Å²) in [5.41, 5.74) is 0. The molecule has 0 aromatic rings. The number of hydrogen-bond donors (Lipinski definition) is 0. The lowest BCUT2D eigenvalue weighted by atomic mass is 10.1. The Labute approximate surface area is 87.3 Å². The molecule has 0 aromatic heterocycles. The number of esters is 1. The average molecular weight is 198 g/mol. The van der Waals surface area contributed by atoms with Crippen LogP contribution in [0.15, 0.2) is 12.7 Å². The average Bonchev–Trinajstić information content (AvgIpc) is 2.17. The molecule has 0 aromatic carbocycles. The topological polar surface area (TPSA) is 26.3 Å². The first-order valence-electron chi connectivity index (χ1n) is 5.49. The van der Waals surface area contributed by atoms with Gasteiger partial charge in [0.15, 0.2) is 0 Å². The third kappa shape index (κ3) is 6.70. The van der Waals surface area contributed by atoms with Crippen LogP contribution in [0.1, 0.15) is 46.0 Å². The summed E-state index contributed by atoms with van der Waals surface area (Å²) in [6.45, 7) is 8.20. The molecule has 2 heteroatoms. The van der Waals surface area contributed by atoms with Gasteiger partial charge in [0.2, 0.25) is 0 Å². The fourth-order valence-electron chi connectivity index (χ4n) is 1.19. The number of carbonyl (C=O) groups is 1. The summed E-state index contributed by atoms with van der Waals surface area (Å²) in [4.78, 5) is 11.3. The van der Waals surface area contributed by atoms with Crippen molar-refractivity contribution in [3.05, 3.63) is 12.7 Å². The van der Waals surface area contributed by atoms with Gasteiger partial charge < -0.3 is 4.74 Å². The van der Waals surface area contributed by atoms with E-state index in [0.29, 0.717) is 13.0 Å². The van der Waals surface area contributed by atoms with Gasteiger partial charge in [-0.05, 0) is 12.8 Å². The van der Waals surface area contributed by atoms with Gasteiger partial charge in [-0.1, -0.05) is 39.2 Å². The maximum atomic E-state index is 11.3. The molecule has 0 radical (unpaired) electrons. The molecule has 1 atom stereocenters. The van der Waals surface area contributed by atoms with E-state index in [-0.39, 0.29) is 11.9 Å². The van der Waals surface area contributed by atoms with Gasteiger partial charge in [-0.15, -0.1) is 6.58 Å². The van der Waals surface area contributed by atoms with E-state index in [0.717, 1.165) is 12.8 Å². The number of hydrogen-bond acceptors (Lipinski definition) is 2. The minimum Gasteiger partial charge on any atom is -0.465 e. The summed E-state index contributed by atoms with van der Waals surface area (Å²) in [7, 11) is 0. The predicted octanol–water partition coefficient (Wildman–Crippen LogP) is 3.32. The second-order valence-corrected chi connectivity index (χ2v) is 3.65. The third-order valence-corrected chi connectivity index (χ3v) is 2.16. The van der Waals surface area contributed by atoms with Crippen molar-refractivity contribution >= 4 is 5.97 Å². The first-order chi connectivity index (χ1) is 6.72. The minimum absolute atomic E-state index is 0.0429. The second-order valence-electron chi connectivity index (χ2n) is 3.65. The van der Waals surface area contributed by atoms with E-state index >= 15 is 0 Å². The summed E-state index contributed by atoms with van der Waals surface area (Å²) in [5, 5.41) is 0. The van der Waals surface area contributed by atoms with E-state index in [1.165, 1.54) is 12.8 Å². The molecule has 0 saturated heterocycles. The number of carbonyl (C=O) groups excluding carboxylic acids is 1. The molecule has 0 fully saturated rings. The van der Waals surface area contributed by atoms with Crippen molar-refractivity contribution in [2.75, 3.05) is 6.61 Å². The van der Waals surface area contributed by atoms with Crippen LogP contribution >= 0.6 is 0 Å². The van der Waals surface area contributed by atoms with Crippen LogP contribution in [0.4, 0.5) is 0 Å². The first-order valence-corrected chi connectivity index (χ1v) is 5.49. The van der Waals surface area contributed by atoms with Gasteiger partial charge in [0, 0.05) is 0 Å². The van der Waals surface area contributed by atoms with Gasteiger partial charge in [-0.2, -0.15) is 0 Å². The van der Waals surface area contributed by atoms with E-state index in [2.05, 4.69) is 13.5 Å². The highest BCUT2D eigenvalue weighted by Crippen LogP contribution is 2.06. The fourth-order valence-corrected chi connectivity index (χ4v) is 1.19. The summed E-state index contributed by atoms with van der Waals surface area (Å²) in [5.74, 6) is -0.139. The summed E-state index contributed by atoms with van der Waals surface area (Å²) >= 11 is 0. The normalized spacial score (nSPS) is 12.1. The number of ether oxygens (including phenoxy) is 1. The van der Waals surface area contributed by atoms with Crippen molar-refractivity contribution in [3.63, 3.8) is 0 Å². The van der Waals surface area contributed by atoms with Crippen LogP contribution in [-0.4, -0.2) is 12.6 Å². The highest BCUT2D eigenvalue weighted by molar-refractivity contribution is 5.72. The van der Waals surface area contributed by atoms with E-state index in [4.69, 9.17) is 4.74 Å². The van der Waals surface area contributed by atoms with E-state index in [1.807, 2.05) is 6.92 Å². The molecule has 0 saturated carbocycles. The molecule has 82 valence electrons. The zero-order valence-electron chi connectivity index (χ0n) is 9.42. The zero-order chi connectivity index (χ0) is 10.8. The lowest BCUT2D eigenvalue weighted by Crippen LogP contribution is -2.14. The monoisotopic (exact) mass is 198 g/mol. The molecular formula is C12H22O2. The largest absolute Gasteiger partial charge is 0.465 e. The standard InChI is InChI=1S/C12H22O2/c1-4-6-7-8-10-14-12(13)11(3)9-5-2/h5,11H,2,4,6-10H2,1,3H3/t11-/m1/s1. The minimum atomic E-state index is -0.0959. The molecule has 0 aliphatic carbocycles. The Balaban J connectivity index is 3.38. The molecule has 0 amide bonds. The lowest BCUT2D eigenvalue weighted by molar-refractivity contribution is -0.147. The Bertz CT molecular complexity index is 164. The Morgan fingerprint density at radius 1 is 1.43 bits per heavy atom. The van der Waals surface area contributed by atoms with Crippen molar-refractivity contribution in [3.8, 4) is 0 Å². The van der Waals surface area contributed by atoms with E-state index < -0.39 is 0 Å². The molecule has 0 rings (SSSR count). The maximum Gasteiger partial charge on any atom is 0.308 e. The van der Waals surface area contributed by atoms with Gasteiger partial charge in [-0.3, -0.25) is 4.79 Å². The number of unbranched alkanes of at least 4 members (excludes halogenated alkanes) is 3. The quantitative estimate of drug-likeness (QED) is 0.340. The van der Waals surface area contributed by atoms with Crippen LogP contribution in [0.2, 0.25) is 0 Å². The number of allylic oxidation sites excluding steroid dienone is 1. The molecule has 0 aliphatic rings. The van der Waals surface area contributed by atoms with Gasteiger partial charge in [0.25, 0.3) is 0 Å². The van der Waals surface area contributed by atoms with Crippen molar-refractivity contribution in [2.24, 2.45) is 5.92 Å². The van der Waals surface area contributed by atoms with Crippen LogP contribution in [-0.2, 0) is 9.53 Å². The molecule has 0 unspecified atom stereocenters. The summed E-state index contributed by atoms with van der Waals surface area (Å²) < 4.78 is 5.12. The molecule has 0 bridgehead atoms. The van der Waals surface area contributed by atoms with Gasteiger partial charge in [0.1, 0.15) is 0 Å². The van der Waals surface area contributed by atoms with E-state index in [9.17, 15) is 4.79 Å². The van der Waals surface area contributed by atoms with Gasteiger partial charge in [0.05, 0.1) is 12.5 Å². The molecule has 2 nitrogen and oxygen atoms in total. The lowest BCUT2D eigenvalue weighted by Gasteiger charge is -2.08. The van der Waals surface area contributed by atoms with Crippen LogP contribution in [0.25, 0.3) is 0 Å². The predicted molar refractivity (Wildman–Crippen MR) is 59.1 cm³/mol. The summed E-state index contributed by atoms with van der Waals surface area (Å²) in [6.07, 6.45) is 7.03. The Morgan fingerprint density at radius 2 is 2.14 bits per heavy atom. The van der Waals surface area contributed by atoms with Crippen molar-refractivity contribution in [2.45, 2.75) is 46.0 Å². The molecule has 0 spiro atoms. The Kier molecular flexibility index (Phi) is 8.30. The van der Waals surface area contributed by atoms with Crippen LogP contribution in [0.3, 0.4) is 0 Å². The smallest absolute Gasteiger partial charge is 0.308 e. The van der Waals surface area contributed by atoms with Gasteiger partial charge in [-0.25, -0.2) is 0 Å². The molecule has 14 heavy (non-hydrogen) atoms. The molecular weight excluding hydrogens is 176 g/mol. The van der Waals surface area contributed by atoms with Crippen LogP contribution < -0.4 is 0 Å². The fraction of sp³-hybridized carbons (Fsp3) is 0.750. The summed E-state index contributed by atoms with van der Waals surface area (Å²) in [6, 6.07) is 0. The van der Waals surface area contributed by atoms with Crippen LogP contribution in [0, 0.1) is 5.92 Å². The van der Waals surface area contributed by atoms with E-state index in [1.54, 1.807) is 6.08 Å². The first kappa shape index (κ1) is 13.2.